The first-order valence-electron chi connectivity index (χ1n) is 16.1. The molecule has 11 heteroatoms. The van der Waals surface area contributed by atoms with Gasteiger partial charge in [0, 0.05) is 18.0 Å². The molecule has 256 valence electrons. The van der Waals surface area contributed by atoms with Gasteiger partial charge in [0.1, 0.15) is 11.5 Å². The van der Waals surface area contributed by atoms with Gasteiger partial charge in [-0.2, -0.15) is 0 Å². The Bertz CT molecular complexity index is 1390. The number of benzene rings is 1. The molecule has 1 heterocycles. The summed E-state index contributed by atoms with van der Waals surface area (Å²) in [5, 5.41) is 10.7. The van der Waals surface area contributed by atoms with E-state index in [9.17, 15) is 24.2 Å². The van der Waals surface area contributed by atoms with Gasteiger partial charge in [-0.3, -0.25) is 23.7 Å². The van der Waals surface area contributed by atoms with Crippen LogP contribution in [0.3, 0.4) is 0 Å². The molecular formula is C35H52NO9P. The molecule has 1 aromatic heterocycles. The number of hydrogen-bond acceptors (Lipinski definition) is 9. The Kier molecular flexibility index (Phi) is 12.5. The van der Waals surface area contributed by atoms with Crippen molar-refractivity contribution in [3.8, 4) is 11.5 Å². The van der Waals surface area contributed by atoms with Crippen LogP contribution >= 0.6 is 8.25 Å². The average molecular weight is 662 g/mol. The smallest absolute Gasteiger partial charge is 0.320 e. The first-order valence-corrected chi connectivity index (χ1v) is 17.3. The Morgan fingerprint density at radius 2 is 1.43 bits per heavy atom. The first kappa shape index (κ1) is 37.5. The molecule has 0 saturated heterocycles. The summed E-state index contributed by atoms with van der Waals surface area (Å²) in [6.07, 6.45) is 7.26. The van der Waals surface area contributed by atoms with Gasteiger partial charge in [-0.05, 0) is 116 Å². The lowest BCUT2D eigenvalue weighted by molar-refractivity contribution is -0.206. The maximum Gasteiger partial charge on any atom is 0.320 e. The minimum atomic E-state index is -3.66. The lowest BCUT2D eigenvalue weighted by Crippen LogP contribution is -2.49. The molecule has 1 atom stereocenters. The van der Waals surface area contributed by atoms with Crippen LogP contribution in [0.5, 0.6) is 11.5 Å². The fourth-order valence-corrected chi connectivity index (χ4v) is 5.92. The van der Waals surface area contributed by atoms with Crippen molar-refractivity contribution in [3.63, 3.8) is 0 Å². The van der Waals surface area contributed by atoms with Crippen molar-refractivity contribution < 1.29 is 42.9 Å². The standard InChI is InChI=1S/C35H52NO9P/c1-22-18-29(44-35(45-46(40)41,20-42-31(38)33(4,5)6)21-43-32(39)34(7,8)9)24(3)23(2)27(22)19-26-16-17-28(37)30(36-26)25-14-12-10-11-13-15-25/h16-18,25,37,46H,10-15,19-21H2,1-9H3,(H,40,41). The predicted octanol–water partition coefficient (Wildman–Crippen LogP) is 7.39. The maximum absolute atomic E-state index is 12.7. The second-order valence-corrected chi connectivity index (χ2v) is 15.3. The Morgan fingerprint density at radius 1 is 0.891 bits per heavy atom. The normalized spacial score (nSPS) is 15.6. The van der Waals surface area contributed by atoms with E-state index in [1.165, 1.54) is 12.8 Å². The second kappa shape index (κ2) is 15.3. The van der Waals surface area contributed by atoms with Crippen molar-refractivity contribution in [2.45, 2.75) is 119 Å². The van der Waals surface area contributed by atoms with E-state index in [0.717, 1.165) is 59.3 Å². The summed E-state index contributed by atoms with van der Waals surface area (Å²) in [7, 11) is -3.66. The molecule has 1 aliphatic rings. The van der Waals surface area contributed by atoms with Crippen molar-refractivity contribution in [3.05, 3.63) is 51.8 Å². The van der Waals surface area contributed by atoms with Crippen molar-refractivity contribution in [2.75, 3.05) is 13.2 Å². The molecule has 46 heavy (non-hydrogen) atoms. The number of ether oxygens (including phenoxy) is 3. The fraction of sp³-hybridized carbons (Fsp3) is 0.629. The Morgan fingerprint density at radius 3 is 1.93 bits per heavy atom. The molecule has 1 fully saturated rings. The van der Waals surface area contributed by atoms with Crippen LogP contribution in [0.4, 0.5) is 0 Å². The summed E-state index contributed by atoms with van der Waals surface area (Å²) < 4.78 is 34.8. The monoisotopic (exact) mass is 661 g/mol. The van der Waals surface area contributed by atoms with Gasteiger partial charge in [0.05, 0.1) is 16.5 Å². The summed E-state index contributed by atoms with van der Waals surface area (Å²) in [6.45, 7) is 14.6. The SMILES string of the molecule is Cc1cc(OC(COC(=O)C(C)(C)C)(COC(=O)C(C)(C)C)O[PH](=O)O)c(C)c(C)c1Cc1ccc(O)c(C2CCCCCC2)n1. The minimum absolute atomic E-state index is 0.239. The highest BCUT2D eigenvalue weighted by Gasteiger charge is 2.42. The van der Waals surface area contributed by atoms with Crippen molar-refractivity contribution >= 4 is 20.2 Å². The van der Waals surface area contributed by atoms with Crippen LogP contribution in [0, 0.1) is 31.6 Å². The van der Waals surface area contributed by atoms with E-state index >= 15 is 0 Å². The van der Waals surface area contributed by atoms with E-state index in [0.29, 0.717) is 12.2 Å². The van der Waals surface area contributed by atoms with Crippen LogP contribution in [0.2, 0.25) is 0 Å². The quantitative estimate of drug-likeness (QED) is 0.108. The number of aromatic nitrogens is 1. The highest BCUT2D eigenvalue weighted by atomic mass is 31.1. The minimum Gasteiger partial charge on any atom is -0.506 e. The highest BCUT2D eigenvalue weighted by molar-refractivity contribution is 7.32. The van der Waals surface area contributed by atoms with Crippen LogP contribution < -0.4 is 4.74 Å². The second-order valence-electron chi connectivity index (χ2n) is 14.5. The molecule has 0 aliphatic heterocycles. The molecular weight excluding hydrogens is 609 g/mol. The molecule has 0 spiro atoms. The molecule has 2 N–H and O–H groups in total. The van der Waals surface area contributed by atoms with E-state index in [-0.39, 0.29) is 11.7 Å². The summed E-state index contributed by atoms with van der Waals surface area (Å²) >= 11 is 0. The fourth-order valence-electron chi connectivity index (χ4n) is 5.44. The number of nitrogens with zero attached hydrogens (tertiary/aromatic N) is 1. The Balaban J connectivity index is 1.98. The third-order valence-electron chi connectivity index (χ3n) is 8.41. The van der Waals surface area contributed by atoms with E-state index in [4.69, 9.17) is 23.7 Å². The molecule has 0 radical (unpaired) electrons. The first-order chi connectivity index (χ1) is 21.3. The summed E-state index contributed by atoms with van der Waals surface area (Å²) in [5.41, 5.74) is 3.38. The zero-order valence-electron chi connectivity index (χ0n) is 28.9. The molecule has 1 aliphatic carbocycles. The zero-order valence-corrected chi connectivity index (χ0v) is 29.9. The number of esters is 2. The maximum atomic E-state index is 12.7. The predicted molar refractivity (Wildman–Crippen MR) is 176 cm³/mol. The van der Waals surface area contributed by atoms with Gasteiger partial charge in [-0.15, -0.1) is 0 Å². The molecule has 1 unspecified atom stereocenters. The molecule has 10 nitrogen and oxygen atoms in total. The van der Waals surface area contributed by atoms with Crippen LogP contribution in [-0.2, 0) is 34.6 Å². The highest BCUT2D eigenvalue weighted by Crippen LogP contribution is 2.38. The summed E-state index contributed by atoms with van der Waals surface area (Å²) in [4.78, 5) is 40.2. The number of pyridine rings is 1. The number of carbonyl (C=O) groups is 2. The number of rotatable bonds is 11. The van der Waals surface area contributed by atoms with Gasteiger partial charge >= 0.3 is 20.2 Å². The van der Waals surface area contributed by atoms with Gasteiger partial charge in [0.2, 0.25) is 0 Å². The number of aromatic hydroxyl groups is 1. The van der Waals surface area contributed by atoms with Gasteiger partial charge in [0.15, 0.2) is 13.2 Å². The summed E-state index contributed by atoms with van der Waals surface area (Å²) in [5.74, 6) is -2.47. The van der Waals surface area contributed by atoms with Gasteiger partial charge < -0.3 is 24.2 Å². The molecule has 1 saturated carbocycles. The molecule has 1 aromatic carbocycles. The Hall–Kier alpha value is -2.94. The van der Waals surface area contributed by atoms with E-state index in [2.05, 4.69) is 0 Å². The lowest BCUT2D eigenvalue weighted by Gasteiger charge is -2.34. The van der Waals surface area contributed by atoms with Gasteiger partial charge in [-0.25, -0.2) is 0 Å². The number of hydrogen-bond donors (Lipinski definition) is 2. The molecule has 2 aromatic rings. The van der Waals surface area contributed by atoms with Crippen LogP contribution in [0.15, 0.2) is 18.2 Å². The average Bonchev–Trinajstić information content (AvgIpc) is 3.24. The lowest BCUT2D eigenvalue weighted by atomic mass is 9.92. The molecule has 0 amide bonds. The number of aryl methyl sites for hydroxylation is 1. The van der Waals surface area contributed by atoms with Crippen LogP contribution in [-0.4, -0.2) is 45.9 Å². The van der Waals surface area contributed by atoms with Crippen LogP contribution in [0.1, 0.15) is 120 Å². The molecule has 0 bridgehead atoms. The Labute approximate surface area is 274 Å². The van der Waals surface area contributed by atoms with Crippen LogP contribution in [0.25, 0.3) is 0 Å². The summed E-state index contributed by atoms with van der Waals surface area (Å²) in [6, 6.07) is 5.37. The third-order valence-corrected chi connectivity index (χ3v) is 8.96. The van der Waals surface area contributed by atoms with E-state index in [1.807, 2.05) is 26.8 Å². The number of carbonyl (C=O) groups excluding carboxylic acids is 2. The molecule has 3 rings (SSSR count). The van der Waals surface area contributed by atoms with Gasteiger partial charge in [0.25, 0.3) is 5.79 Å². The van der Waals surface area contributed by atoms with E-state index < -0.39 is 50.0 Å². The van der Waals surface area contributed by atoms with E-state index in [1.54, 1.807) is 53.7 Å². The van der Waals surface area contributed by atoms with Gasteiger partial charge in [-0.1, -0.05) is 25.7 Å². The third kappa shape index (κ3) is 10.0. The van der Waals surface area contributed by atoms with Crippen molar-refractivity contribution in [2.24, 2.45) is 10.8 Å². The topological polar surface area (TPSA) is 141 Å². The zero-order chi connectivity index (χ0) is 34.4. The largest absolute Gasteiger partial charge is 0.506 e. The van der Waals surface area contributed by atoms with Crippen molar-refractivity contribution in [1.82, 2.24) is 4.98 Å². The van der Waals surface area contributed by atoms with Crippen molar-refractivity contribution in [1.29, 1.82) is 0 Å².